The van der Waals surface area contributed by atoms with Crippen molar-refractivity contribution in [2.24, 2.45) is 5.92 Å². The van der Waals surface area contributed by atoms with Crippen LogP contribution in [0.5, 0.6) is 0 Å². The van der Waals surface area contributed by atoms with Gasteiger partial charge in [-0.25, -0.2) is 0 Å². The molecule has 0 radical (unpaired) electrons. The van der Waals surface area contributed by atoms with Crippen LogP contribution in [-0.2, 0) is 9.53 Å². The molecule has 0 aliphatic rings. The molecule has 4 heteroatoms. The highest BCUT2D eigenvalue weighted by Crippen LogP contribution is 2.00. The first-order valence-electron chi connectivity index (χ1n) is 4.49. The van der Waals surface area contributed by atoms with E-state index in [0.717, 1.165) is 13.0 Å². The summed E-state index contributed by atoms with van der Waals surface area (Å²) in [6, 6.07) is 0. The molecule has 0 bridgehead atoms. The Labute approximate surface area is 79.5 Å². The SMILES string of the molecule is COC(=O)C(C)CN(C)CCCO. The predicted molar refractivity (Wildman–Crippen MR) is 50.4 cm³/mol. The van der Waals surface area contributed by atoms with E-state index in [4.69, 9.17) is 5.11 Å². The number of rotatable bonds is 6. The van der Waals surface area contributed by atoms with Crippen LogP contribution < -0.4 is 0 Å². The van der Waals surface area contributed by atoms with Gasteiger partial charge in [0.15, 0.2) is 0 Å². The van der Waals surface area contributed by atoms with E-state index < -0.39 is 0 Å². The lowest BCUT2D eigenvalue weighted by atomic mass is 10.2. The van der Waals surface area contributed by atoms with Crippen LogP contribution in [0.1, 0.15) is 13.3 Å². The number of esters is 1. The van der Waals surface area contributed by atoms with E-state index in [0.29, 0.717) is 6.54 Å². The predicted octanol–water partition coefficient (Wildman–Crippen LogP) is 0.110. The third-order valence-electron chi connectivity index (χ3n) is 1.89. The maximum Gasteiger partial charge on any atom is 0.309 e. The molecular weight excluding hydrogens is 170 g/mol. The Kier molecular flexibility index (Phi) is 6.54. The van der Waals surface area contributed by atoms with Gasteiger partial charge in [-0.15, -0.1) is 0 Å². The van der Waals surface area contributed by atoms with Gasteiger partial charge < -0.3 is 14.7 Å². The Hall–Kier alpha value is -0.610. The molecule has 0 fully saturated rings. The molecule has 0 aliphatic carbocycles. The van der Waals surface area contributed by atoms with Gasteiger partial charge >= 0.3 is 5.97 Å². The summed E-state index contributed by atoms with van der Waals surface area (Å²) in [6.45, 7) is 3.50. The van der Waals surface area contributed by atoms with E-state index in [9.17, 15) is 4.79 Å². The summed E-state index contributed by atoms with van der Waals surface area (Å²) in [5, 5.41) is 8.59. The van der Waals surface area contributed by atoms with E-state index in [2.05, 4.69) is 4.74 Å². The molecule has 0 amide bonds. The minimum Gasteiger partial charge on any atom is -0.469 e. The van der Waals surface area contributed by atoms with Gasteiger partial charge in [0.25, 0.3) is 0 Å². The summed E-state index contributed by atoms with van der Waals surface area (Å²) in [4.78, 5) is 13.0. The molecule has 1 atom stereocenters. The lowest BCUT2D eigenvalue weighted by Crippen LogP contribution is -2.30. The number of hydrogen-bond donors (Lipinski definition) is 1. The molecule has 13 heavy (non-hydrogen) atoms. The van der Waals surface area contributed by atoms with Crippen molar-refractivity contribution in [1.82, 2.24) is 4.90 Å². The summed E-state index contributed by atoms with van der Waals surface area (Å²) in [5.74, 6) is -0.287. The third kappa shape index (κ3) is 5.60. The second kappa shape index (κ2) is 6.86. The maximum absolute atomic E-state index is 11.0. The van der Waals surface area contributed by atoms with Crippen molar-refractivity contribution in [2.45, 2.75) is 13.3 Å². The van der Waals surface area contributed by atoms with Gasteiger partial charge in [-0.2, -0.15) is 0 Å². The van der Waals surface area contributed by atoms with Gasteiger partial charge in [-0.1, -0.05) is 6.92 Å². The molecule has 0 aromatic carbocycles. The molecule has 0 heterocycles. The highest BCUT2D eigenvalue weighted by atomic mass is 16.5. The molecule has 1 N–H and O–H groups in total. The molecular formula is C9H19NO3. The maximum atomic E-state index is 11.0. The highest BCUT2D eigenvalue weighted by molar-refractivity contribution is 5.71. The molecule has 1 unspecified atom stereocenters. The molecule has 4 nitrogen and oxygen atoms in total. The van der Waals surface area contributed by atoms with Crippen molar-refractivity contribution >= 4 is 5.97 Å². The lowest BCUT2D eigenvalue weighted by Gasteiger charge is -2.19. The number of nitrogens with zero attached hydrogens (tertiary/aromatic N) is 1. The van der Waals surface area contributed by atoms with Crippen molar-refractivity contribution in [1.29, 1.82) is 0 Å². The molecule has 0 saturated carbocycles. The second-order valence-electron chi connectivity index (χ2n) is 3.26. The highest BCUT2D eigenvalue weighted by Gasteiger charge is 2.14. The molecule has 0 saturated heterocycles. The quantitative estimate of drug-likeness (QED) is 0.602. The fourth-order valence-electron chi connectivity index (χ4n) is 1.18. The summed E-state index contributed by atoms with van der Waals surface area (Å²) >= 11 is 0. The number of carbonyl (C=O) groups excluding carboxylic acids is 1. The summed E-state index contributed by atoms with van der Waals surface area (Å²) < 4.78 is 4.60. The zero-order valence-electron chi connectivity index (χ0n) is 8.62. The zero-order valence-corrected chi connectivity index (χ0v) is 8.62. The van der Waals surface area contributed by atoms with Crippen molar-refractivity contribution in [3.8, 4) is 0 Å². The van der Waals surface area contributed by atoms with Gasteiger partial charge in [-0.3, -0.25) is 4.79 Å². The third-order valence-corrected chi connectivity index (χ3v) is 1.89. The molecule has 0 spiro atoms. The summed E-state index contributed by atoms with van der Waals surface area (Å²) in [6.07, 6.45) is 0.740. The van der Waals surface area contributed by atoms with Crippen LogP contribution in [-0.4, -0.2) is 49.8 Å². The van der Waals surface area contributed by atoms with E-state index in [1.54, 1.807) is 0 Å². The monoisotopic (exact) mass is 189 g/mol. The van der Waals surface area contributed by atoms with Crippen LogP contribution in [0.4, 0.5) is 0 Å². The number of aliphatic hydroxyl groups is 1. The molecule has 0 aliphatic heterocycles. The second-order valence-corrected chi connectivity index (χ2v) is 3.26. The molecule has 78 valence electrons. The molecule has 0 aromatic rings. The smallest absolute Gasteiger partial charge is 0.309 e. The van der Waals surface area contributed by atoms with Gasteiger partial charge in [0.2, 0.25) is 0 Å². The lowest BCUT2D eigenvalue weighted by molar-refractivity contribution is -0.145. The van der Waals surface area contributed by atoms with E-state index in [-0.39, 0.29) is 18.5 Å². The first-order chi connectivity index (χ1) is 6.11. The minimum absolute atomic E-state index is 0.103. The minimum atomic E-state index is -0.184. The standard InChI is InChI=1S/C9H19NO3/c1-8(9(12)13-3)7-10(2)5-4-6-11/h8,11H,4-7H2,1-3H3. The van der Waals surface area contributed by atoms with Gasteiger partial charge in [-0.05, 0) is 13.5 Å². The first kappa shape index (κ1) is 12.4. The summed E-state index contributed by atoms with van der Waals surface area (Å²) in [7, 11) is 3.32. The Bertz CT molecular complexity index is 150. The Balaban J connectivity index is 3.64. The van der Waals surface area contributed by atoms with E-state index in [1.165, 1.54) is 7.11 Å². The average Bonchev–Trinajstić information content (AvgIpc) is 2.13. The Morgan fingerprint density at radius 3 is 2.69 bits per heavy atom. The van der Waals surface area contributed by atoms with Crippen LogP contribution in [0, 0.1) is 5.92 Å². The van der Waals surface area contributed by atoms with E-state index >= 15 is 0 Å². The number of methoxy groups -OCH3 is 1. The number of ether oxygens (including phenoxy) is 1. The van der Waals surface area contributed by atoms with Crippen LogP contribution in [0.3, 0.4) is 0 Å². The fourth-order valence-corrected chi connectivity index (χ4v) is 1.18. The summed E-state index contributed by atoms with van der Waals surface area (Å²) in [5.41, 5.74) is 0. The van der Waals surface area contributed by atoms with Crippen molar-refractivity contribution in [3.63, 3.8) is 0 Å². The fraction of sp³-hybridized carbons (Fsp3) is 0.889. The first-order valence-corrected chi connectivity index (χ1v) is 4.49. The largest absolute Gasteiger partial charge is 0.469 e. The topological polar surface area (TPSA) is 49.8 Å². The number of carbonyl (C=O) groups is 1. The molecule has 0 rings (SSSR count). The van der Waals surface area contributed by atoms with Crippen molar-refractivity contribution in [2.75, 3.05) is 33.9 Å². The van der Waals surface area contributed by atoms with Crippen molar-refractivity contribution < 1.29 is 14.6 Å². The van der Waals surface area contributed by atoms with Gasteiger partial charge in [0.05, 0.1) is 13.0 Å². The average molecular weight is 189 g/mol. The number of aliphatic hydroxyl groups excluding tert-OH is 1. The normalized spacial score (nSPS) is 13.0. The van der Waals surface area contributed by atoms with Crippen LogP contribution in [0.15, 0.2) is 0 Å². The Morgan fingerprint density at radius 2 is 2.23 bits per heavy atom. The number of hydrogen-bond acceptors (Lipinski definition) is 4. The van der Waals surface area contributed by atoms with Crippen LogP contribution in [0.25, 0.3) is 0 Å². The van der Waals surface area contributed by atoms with Gasteiger partial charge in [0.1, 0.15) is 0 Å². The van der Waals surface area contributed by atoms with E-state index in [1.807, 2.05) is 18.9 Å². The van der Waals surface area contributed by atoms with Crippen LogP contribution >= 0.6 is 0 Å². The van der Waals surface area contributed by atoms with Crippen molar-refractivity contribution in [3.05, 3.63) is 0 Å². The Morgan fingerprint density at radius 1 is 1.62 bits per heavy atom. The zero-order chi connectivity index (χ0) is 10.3. The van der Waals surface area contributed by atoms with Gasteiger partial charge in [0, 0.05) is 19.7 Å². The molecule has 0 aromatic heterocycles. The van der Waals surface area contributed by atoms with Crippen LogP contribution in [0.2, 0.25) is 0 Å².